The van der Waals surface area contributed by atoms with Gasteiger partial charge in [-0.2, -0.15) is 0 Å². The van der Waals surface area contributed by atoms with Crippen molar-refractivity contribution in [1.82, 2.24) is 9.80 Å². The van der Waals surface area contributed by atoms with Crippen molar-refractivity contribution in [3.8, 4) is 5.75 Å². The summed E-state index contributed by atoms with van der Waals surface area (Å²) in [7, 11) is 0. The van der Waals surface area contributed by atoms with E-state index < -0.39 is 0 Å². The number of amides is 2. The molecule has 2 saturated heterocycles. The fourth-order valence-electron chi connectivity index (χ4n) is 2.60. The molecule has 0 saturated carbocycles. The number of carbonyl (C=O) groups is 2. The quantitative estimate of drug-likeness (QED) is 0.600. The highest BCUT2D eigenvalue weighted by atomic mass is 16.6. The first kappa shape index (κ1) is 16.5. The summed E-state index contributed by atoms with van der Waals surface area (Å²) in [6.45, 7) is 5.17. The number of nitrogens with zero attached hydrogens (tertiary/aromatic N) is 2. The second kappa shape index (κ2) is 7.49. The minimum Gasteiger partial charge on any atom is -0.490 e. The fourth-order valence-corrected chi connectivity index (χ4v) is 2.60. The van der Waals surface area contributed by atoms with E-state index in [1.807, 2.05) is 24.3 Å². The predicted molar refractivity (Wildman–Crippen MR) is 89.5 cm³/mol. The average molecular weight is 330 g/mol. The number of para-hydroxylation sites is 1. The van der Waals surface area contributed by atoms with E-state index in [2.05, 4.69) is 0 Å². The van der Waals surface area contributed by atoms with Crippen molar-refractivity contribution < 1.29 is 19.1 Å². The normalized spacial score (nSPS) is 20.3. The van der Waals surface area contributed by atoms with Crippen LogP contribution in [0.15, 0.2) is 30.3 Å². The van der Waals surface area contributed by atoms with Gasteiger partial charge in [0.1, 0.15) is 18.5 Å². The number of epoxide rings is 1. The Morgan fingerprint density at radius 3 is 2.54 bits per heavy atom. The minimum atomic E-state index is -0.0430. The number of carbonyl (C=O) groups excluding carboxylic acids is 2. The van der Waals surface area contributed by atoms with Crippen LogP contribution in [0.25, 0.3) is 6.08 Å². The topological polar surface area (TPSA) is 62.4 Å². The lowest BCUT2D eigenvalue weighted by Gasteiger charge is -2.33. The summed E-state index contributed by atoms with van der Waals surface area (Å²) < 4.78 is 10.9. The zero-order valence-corrected chi connectivity index (χ0v) is 13.8. The third kappa shape index (κ3) is 4.35. The van der Waals surface area contributed by atoms with E-state index in [1.54, 1.807) is 28.9 Å². The molecule has 24 heavy (non-hydrogen) atoms. The highest BCUT2D eigenvalue weighted by Crippen LogP contribution is 2.21. The summed E-state index contributed by atoms with van der Waals surface area (Å²) in [6.07, 6.45) is 3.54. The maximum absolute atomic E-state index is 12.3. The number of rotatable bonds is 5. The molecule has 2 aliphatic rings. The molecule has 1 aromatic carbocycles. The molecule has 6 heteroatoms. The zero-order chi connectivity index (χ0) is 16.9. The van der Waals surface area contributed by atoms with Crippen molar-refractivity contribution in [2.45, 2.75) is 13.0 Å². The Kier molecular flexibility index (Phi) is 5.15. The Labute approximate surface area is 141 Å². The number of hydrogen-bond acceptors (Lipinski definition) is 4. The number of hydrogen-bond donors (Lipinski definition) is 0. The van der Waals surface area contributed by atoms with Crippen LogP contribution in [0.2, 0.25) is 0 Å². The van der Waals surface area contributed by atoms with E-state index in [1.165, 1.54) is 0 Å². The van der Waals surface area contributed by atoms with Crippen LogP contribution in [-0.2, 0) is 14.3 Å². The lowest BCUT2D eigenvalue weighted by Crippen LogP contribution is -2.49. The van der Waals surface area contributed by atoms with Crippen LogP contribution in [-0.4, -0.2) is 67.1 Å². The largest absolute Gasteiger partial charge is 0.490 e. The number of piperazine rings is 1. The zero-order valence-electron chi connectivity index (χ0n) is 13.8. The highest BCUT2D eigenvalue weighted by molar-refractivity contribution is 5.92. The fraction of sp³-hybridized carbons (Fsp3) is 0.444. The molecule has 0 bridgehead atoms. The number of ether oxygens (including phenoxy) is 2. The summed E-state index contributed by atoms with van der Waals surface area (Å²) >= 11 is 0. The molecule has 1 atom stereocenters. The van der Waals surface area contributed by atoms with Gasteiger partial charge in [0.15, 0.2) is 0 Å². The standard InChI is InChI=1S/C18H22N2O4/c1-14(21)19-8-10-20(11-9-19)18(22)7-6-15-4-2-3-5-17(15)24-13-16-12-23-16/h2-7,16H,8-13H2,1H3/b7-6+. The summed E-state index contributed by atoms with van der Waals surface area (Å²) in [4.78, 5) is 27.2. The first-order chi connectivity index (χ1) is 11.6. The maximum atomic E-state index is 12.3. The Morgan fingerprint density at radius 2 is 1.88 bits per heavy atom. The first-order valence-corrected chi connectivity index (χ1v) is 8.19. The van der Waals surface area contributed by atoms with Gasteiger partial charge in [-0.3, -0.25) is 9.59 Å². The lowest BCUT2D eigenvalue weighted by molar-refractivity contribution is -0.135. The van der Waals surface area contributed by atoms with Gasteiger partial charge in [-0.25, -0.2) is 0 Å². The van der Waals surface area contributed by atoms with E-state index in [0.717, 1.165) is 17.9 Å². The van der Waals surface area contributed by atoms with Gasteiger partial charge >= 0.3 is 0 Å². The number of benzene rings is 1. The van der Waals surface area contributed by atoms with Crippen LogP contribution in [0, 0.1) is 0 Å². The van der Waals surface area contributed by atoms with Gasteiger partial charge in [0, 0.05) is 44.7 Å². The van der Waals surface area contributed by atoms with Gasteiger partial charge in [0.25, 0.3) is 0 Å². The third-order valence-electron chi connectivity index (χ3n) is 4.19. The van der Waals surface area contributed by atoms with Gasteiger partial charge < -0.3 is 19.3 Å². The summed E-state index contributed by atoms with van der Waals surface area (Å²) in [5, 5.41) is 0. The minimum absolute atomic E-state index is 0.0430. The molecule has 0 spiro atoms. The van der Waals surface area contributed by atoms with Crippen molar-refractivity contribution >= 4 is 17.9 Å². The molecule has 1 aromatic rings. The molecular formula is C18H22N2O4. The molecule has 1 unspecified atom stereocenters. The Morgan fingerprint density at radius 1 is 1.21 bits per heavy atom. The molecular weight excluding hydrogens is 308 g/mol. The molecule has 2 aliphatic heterocycles. The van der Waals surface area contributed by atoms with E-state index in [0.29, 0.717) is 32.8 Å². The predicted octanol–water partition coefficient (Wildman–Crippen LogP) is 1.17. The maximum Gasteiger partial charge on any atom is 0.246 e. The molecule has 0 radical (unpaired) electrons. The van der Waals surface area contributed by atoms with Crippen molar-refractivity contribution in [3.63, 3.8) is 0 Å². The summed E-state index contributed by atoms with van der Waals surface area (Å²) in [5.74, 6) is 0.764. The average Bonchev–Trinajstić information content (AvgIpc) is 3.43. The lowest BCUT2D eigenvalue weighted by atomic mass is 10.2. The van der Waals surface area contributed by atoms with Crippen molar-refractivity contribution in [3.05, 3.63) is 35.9 Å². The second-order valence-electron chi connectivity index (χ2n) is 5.97. The Balaban J connectivity index is 1.57. The third-order valence-corrected chi connectivity index (χ3v) is 4.19. The SMILES string of the molecule is CC(=O)N1CCN(C(=O)/C=C/c2ccccc2OCC2CO2)CC1. The molecule has 2 fully saturated rings. The smallest absolute Gasteiger partial charge is 0.246 e. The van der Waals surface area contributed by atoms with E-state index in [4.69, 9.17) is 9.47 Å². The molecule has 0 N–H and O–H groups in total. The van der Waals surface area contributed by atoms with Gasteiger partial charge in [0.2, 0.25) is 11.8 Å². The molecule has 0 aromatic heterocycles. The van der Waals surface area contributed by atoms with Crippen LogP contribution < -0.4 is 4.74 Å². The van der Waals surface area contributed by atoms with Crippen LogP contribution in [0.4, 0.5) is 0 Å². The molecule has 6 nitrogen and oxygen atoms in total. The van der Waals surface area contributed by atoms with Crippen LogP contribution in [0.3, 0.4) is 0 Å². The van der Waals surface area contributed by atoms with Gasteiger partial charge in [-0.05, 0) is 12.1 Å². The van der Waals surface area contributed by atoms with Gasteiger partial charge in [-0.15, -0.1) is 0 Å². The molecule has 0 aliphatic carbocycles. The van der Waals surface area contributed by atoms with Crippen molar-refractivity contribution in [2.24, 2.45) is 0 Å². The van der Waals surface area contributed by atoms with Crippen LogP contribution in [0.5, 0.6) is 5.75 Å². The Bertz CT molecular complexity index is 632. The summed E-state index contributed by atoms with van der Waals surface area (Å²) in [6, 6.07) is 7.62. The van der Waals surface area contributed by atoms with Gasteiger partial charge in [0.05, 0.1) is 6.61 Å². The first-order valence-electron chi connectivity index (χ1n) is 8.19. The second-order valence-corrected chi connectivity index (χ2v) is 5.97. The van der Waals surface area contributed by atoms with Crippen molar-refractivity contribution in [2.75, 3.05) is 39.4 Å². The monoisotopic (exact) mass is 330 g/mol. The van der Waals surface area contributed by atoms with Crippen molar-refractivity contribution in [1.29, 1.82) is 0 Å². The molecule has 128 valence electrons. The van der Waals surface area contributed by atoms with Crippen LogP contribution >= 0.6 is 0 Å². The highest BCUT2D eigenvalue weighted by Gasteiger charge is 2.23. The van der Waals surface area contributed by atoms with Gasteiger partial charge in [-0.1, -0.05) is 18.2 Å². The van der Waals surface area contributed by atoms with E-state index >= 15 is 0 Å². The van der Waals surface area contributed by atoms with Crippen LogP contribution in [0.1, 0.15) is 12.5 Å². The van der Waals surface area contributed by atoms with E-state index in [9.17, 15) is 9.59 Å². The molecule has 2 heterocycles. The van der Waals surface area contributed by atoms with E-state index in [-0.39, 0.29) is 17.9 Å². The molecule has 2 amide bonds. The molecule has 3 rings (SSSR count). The Hall–Kier alpha value is -2.34. The summed E-state index contributed by atoms with van der Waals surface area (Å²) in [5.41, 5.74) is 0.869.